The van der Waals surface area contributed by atoms with Gasteiger partial charge in [0.2, 0.25) is 10.0 Å². The molecule has 0 aliphatic carbocycles. The summed E-state index contributed by atoms with van der Waals surface area (Å²) in [4.78, 5) is 3.81. The van der Waals surface area contributed by atoms with E-state index in [0.29, 0.717) is 6.42 Å². The molecule has 0 aliphatic heterocycles. The van der Waals surface area contributed by atoms with Gasteiger partial charge < -0.3 is 5.73 Å². The fourth-order valence-corrected chi connectivity index (χ4v) is 2.76. The van der Waals surface area contributed by atoms with Gasteiger partial charge in [0.1, 0.15) is 5.82 Å². The molecule has 0 aromatic carbocycles. The Morgan fingerprint density at radius 3 is 2.78 bits per heavy atom. The molecule has 0 aliphatic rings. The van der Waals surface area contributed by atoms with Crippen LogP contribution in [0.2, 0.25) is 0 Å². The van der Waals surface area contributed by atoms with E-state index in [0.717, 1.165) is 0 Å². The van der Waals surface area contributed by atoms with Gasteiger partial charge in [0.05, 0.1) is 4.90 Å². The van der Waals surface area contributed by atoms with E-state index in [2.05, 4.69) is 9.71 Å². The SMILES string of the molecule is CC(CCNS(=O)(=O)c1ccnc(N)c1)S(C)=O. The van der Waals surface area contributed by atoms with Crippen molar-refractivity contribution in [2.24, 2.45) is 0 Å². The fraction of sp³-hybridized carbons (Fsp3) is 0.500. The normalized spacial score (nSPS) is 15.2. The highest BCUT2D eigenvalue weighted by Crippen LogP contribution is 2.10. The Labute approximate surface area is 110 Å². The van der Waals surface area contributed by atoms with Crippen LogP contribution in [-0.4, -0.2) is 35.7 Å². The van der Waals surface area contributed by atoms with Crippen LogP contribution in [0.25, 0.3) is 0 Å². The van der Waals surface area contributed by atoms with Gasteiger partial charge in [0, 0.05) is 41.1 Å². The van der Waals surface area contributed by atoms with Gasteiger partial charge in [-0.3, -0.25) is 4.21 Å². The molecule has 18 heavy (non-hydrogen) atoms. The van der Waals surface area contributed by atoms with Crippen molar-refractivity contribution in [3.05, 3.63) is 18.3 Å². The van der Waals surface area contributed by atoms with Crippen LogP contribution in [-0.2, 0) is 20.8 Å². The van der Waals surface area contributed by atoms with Crippen molar-refractivity contribution in [2.75, 3.05) is 18.5 Å². The Kier molecular flexibility index (Phi) is 5.24. The highest BCUT2D eigenvalue weighted by Gasteiger charge is 2.15. The number of anilines is 1. The lowest BCUT2D eigenvalue weighted by molar-refractivity contribution is 0.578. The molecule has 2 unspecified atom stereocenters. The van der Waals surface area contributed by atoms with Gasteiger partial charge in [0.25, 0.3) is 0 Å². The summed E-state index contributed by atoms with van der Waals surface area (Å²) in [6.07, 6.45) is 3.46. The third kappa shape index (κ3) is 4.35. The Balaban J connectivity index is 2.64. The summed E-state index contributed by atoms with van der Waals surface area (Å²) in [7, 11) is -4.52. The smallest absolute Gasteiger partial charge is 0.240 e. The first-order chi connectivity index (χ1) is 8.33. The molecule has 0 fully saturated rings. The van der Waals surface area contributed by atoms with E-state index in [1.165, 1.54) is 18.3 Å². The highest BCUT2D eigenvalue weighted by atomic mass is 32.2. The number of hydrogen-bond donors (Lipinski definition) is 2. The number of nitrogens with two attached hydrogens (primary N) is 1. The van der Waals surface area contributed by atoms with Crippen molar-refractivity contribution in [2.45, 2.75) is 23.5 Å². The molecule has 1 aromatic rings. The zero-order valence-electron chi connectivity index (χ0n) is 10.3. The standard InChI is InChI=1S/C10H17N3O3S2/c1-8(17(2)14)3-6-13-18(15,16)9-4-5-12-10(11)7-9/h4-5,7-8,13H,3,6H2,1-2H3,(H2,11,12). The molecule has 1 aromatic heterocycles. The number of nitrogen functional groups attached to an aromatic ring is 1. The predicted octanol–water partition coefficient (Wildman–Crippen LogP) is 0.0992. The van der Waals surface area contributed by atoms with Gasteiger partial charge in [-0.25, -0.2) is 18.1 Å². The summed E-state index contributed by atoms with van der Waals surface area (Å²) >= 11 is 0. The lowest BCUT2D eigenvalue weighted by Gasteiger charge is -2.10. The van der Waals surface area contributed by atoms with E-state index in [1.54, 1.807) is 6.26 Å². The van der Waals surface area contributed by atoms with Gasteiger partial charge in [-0.2, -0.15) is 0 Å². The van der Waals surface area contributed by atoms with Crippen molar-refractivity contribution in [3.63, 3.8) is 0 Å². The average Bonchev–Trinajstić information content (AvgIpc) is 2.28. The molecule has 1 heterocycles. The van der Waals surface area contributed by atoms with E-state index < -0.39 is 20.8 Å². The quantitative estimate of drug-likeness (QED) is 0.774. The van der Waals surface area contributed by atoms with Gasteiger partial charge in [-0.05, 0) is 12.5 Å². The number of pyridine rings is 1. The molecule has 6 nitrogen and oxygen atoms in total. The van der Waals surface area contributed by atoms with Gasteiger partial charge in [-0.1, -0.05) is 6.92 Å². The zero-order valence-corrected chi connectivity index (χ0v) is 11.9. The largest absolute Gasteiger partial charge is 0.384 e. The number of aromatic nitrogens is 1. The van der Waals surface area contributed by atoms with Crippen LogP contribution in [0.1, 0.15) is 13.3 Å². The number of nitrogens with zero attached hydrogens (tertiary/aromatic N) is 1. The minimum absolute atomic E-state index is 0.0461. The van der Waals surface area contributed by atoms with Crippen molar-refractivity contribution < 1.29 is 12.6 Å². The lowest BCUT2D eigenvalue weighted by Crippen LogP contribution is -2.27. The van der Waals surface area contributed by atoms with Crippen molar-refractivity contribution in [1.82, 2.24) is 9.71 Å². The maximum Gasteiger partial charge on any atom is 0.240 e. The van der Waals surface area contributed by atoms with Crippen molar-refractivity contribution >= 4 is 26.6 Å². The molecule has 0 spiro atoms. The summed E-state index contributed by atoms with van der Waals surface area (Å²) in [5.41, 5.74) is 5.43. The lowest BCUT2D eigenvalue weighted by atomic mass is 10.3. The minimum Gasteiger partial charge on any atom is -0.384 e. The van der Waals surface area contributed by atoms with E-state index >= 15 is 0 Å². The van der Waals surface area contributed by atoms with Crippen molar-refractivity contribution in [1.29, 1.82) is 0 Å². The maximum absolute atomic E-state index is 11.9. The third-order valence-electron chi connectivity index (χ3n) is 2.47. The summed E-state index contributed by atoms with van der Waals surface area (Å²) in [6, 6.07) is 2.67. The Hall–Kier alpha value is -0.990. The van der Waals surface area contributed by atoms with Crippen LogP contribution < -0.4 is 10.5 Å². The Morgan fingerprint density at radius 2 is 2.22 bits per heavy atom. The summed E-state index contributed by atoms with van der Waals surface area (Å²) < 4.78 is 37.3. The molecule has 0 saturated carbocycles. The summed E-state index contributed by atoms with van der Waals surface area (Å²) in [5, 5.41) is -0.0461. The van der Waals surface area contributed by atoms with Crippen LogP contribution in [0.3, 0.4) is 0 Å². The Bertz CT molecular complexity index is 531. The molecular formula is C10H17N3O3S2. The third-order valence-corrected chi connectivity index (χ3v) is 5.30. The summed E-state index contributed by atoms with van der Waals surface area (Å²) in [6.45, 7) is 2.06. The van der Waals surface area contributed by atoms with Gasteiger partial charge in [-0.15, -0.1) is 0 Å². The number of nitrogens with one attached hydrogen (secondary N) is 1. The first-order valence-electron chi connectivity index (χ1n) is 5.36. The van der Waals surface area contributed by atoms with Crippen LogP contribution in [0, 0.1) is 0 Å². The molecule has 3 N–H and O–H groups in total. The maximum atomic E-state index is 11.9. The second-order valence-electron chi connectivity index (χ2n) is 3.91. The molecule has 2 atom stereocenters. The fourth-order valence-electron chi connectivity index (χ4n) is 1.24. The van der Waals surface area contributed by atoms with Gasteiger partial charge in [0.15, 0.2) is 0 Å². The summed E-state index contributed by atoms with van der Waals surface area (Å²) in [5.74, 6) is 0.154. The monoisotopic (exact) mass is 291 g/mol. The first-order valence-corrected chi connectivity index (χ1v) is 8.47. The van der Waals surface area contributed by atoms with Crippen molar-refractivity contribution in [3.8, 4) is 0 Å². The van der Waals surface area contributed by atoms with Gasteiger partial charge >= 0.3 is 0 Å². The highest BCUT2D eigenvalue weighted by molar-refractivity contribution is 7.89. The first kappa shape index (κ1) is 15.1. The molecule has 0 saturated heterocycles. The van der Waals surface area contributed by atoms with Crippen LogP contribution in [0.4, 0.5) is 5.82 Å². The molecule has 1 rings (SSSR count). The molecule has 0 bridgehead atoms. The molecule has 8 heteroatoms. The molecule has 0 amide bonds. The van der Waals surface area contributed by atoms with E-state index in [-0.39, 0.29) is 22.5 Å². The van der Waals surface area contributed by atoms with Crippen LogP contribution in [0.15, 0.2) is 23.2 Å². The van der Waals surface area contributed by atoms with E-state index in [1.807, 2.05) is 6.92 Å². The molecule has 0 radical (unpaired) electrons. The number of hydrogen-bond acceptors (Lipinski definition) is 5. The molecular weight excluding hydrogens is 274 g/mol. The minimum atomic E-state index is -3.57. The van der Waals surface area contributed by atoms with E-state index in [9.17, 15) is 12.6 Å². The Morgan fingerprint density at radius 1 is 1.56 bits per heavy atom. The van der Waals surface area contributed by atoms with Crippen LogP contribution >= 0.6 is 0 Å². The van der Waals surface area contributed by atoms with E-state index in [4.69, 9.17) is 5.73 Å². The predicted molar refractivity (Wildman–Crippen MR) is 72.0 cm³/mol. The zero-order chi connectivity index (χ0) is 13.8. The topological polar surface area (TPSA) is 102 Å². The number of sulfonamides is 1. The molecule has 102 valence electrons. The second kappa shape index (κ2) is 6.26. The number of rotatable bonds is 6. The second-order valence-corrected chi connectivity index (χ2v) is 7.48. The van der Waals surface area contributed by atoms with Crippen LogP contribution in [0.5, 0.6) is 0 Å². The average molecular weight is 291 g/mol.